The highest BCUT2D eigenvalue weighted by Crippen LogP contribution is 2.29. The van der Waals surface area contributed by atoms with Crippen molar-refractivity contribution in [2.45, 2.75) is 56.8 Å². The number of nitrogens with one attached hydrogen (secondary N) is 3. The molecule has 0 bridgehead atoms. The zero-order valence-corrected chi connectivity index (χ0v) is 30.7. The van der Waals surface area contributed by atoms with Gasteiger partial charge in [-0.2, -0.15) is 5.01 Å². The number of nitrogens with zero attached hydrogens (tertiary/aromatic N) is 3. The Morgan fingerprint density at radius 1 is 0.885 bits per heavy atom. The number of para-hydroxylation sites is 1. The summed E-state index contributed by atoms with van der Waals surface area (Å²) >= 11 is 0. The molecule has 0 saturated carbocycles. The van der Waals surface area contributed by atoms with Gasteiger partial charge in [0.1, 0.15) is 12.4 Å². The molecule has 272 valence electrons. The molecule has 5 rings (SSSR count). The van der Waals surface area contributed by atoms with Crippen LogP contribution in [-0.2, 0) is 19.4 Å². The summed E-state index contributed by atoms with van der Waals surface area (Å²) in [5.74, 6) is -1.53. The standard InChI is InChI=1S/C39H44N6O6S/c1-6-34(52(49,50)35-24-14-27(4)15-25-35)26-51-33-22-16-29(17-23-33)36(47)40-37-39(41-28(5)46,38(48)45(43-37)32-12-10-9-11-13-32)42-30-18-20-31(21-19-30)44(7-2)8-3/h9-25,34,42H,6-8,26H2,1-5H3,(H,41,46)(H,40,43,47). The Bertz CT molecular complexity index is 2020. The van der Waals surface area contributed by atoms with E-state index in [0.29, 0.717) is 23.5 Å². The lowest BCUT2D eigenvalue weighted by atomic mass is 10.1. The minimum absolute atomic E-state index is 0.0761. The third-order valence-corrected chi connectivity index (χ3v) is 11.1. The monoisotopic (exact) mass is 724 g/mol. The van der Waals surface area contributed by atoms with Gasteiger partial charge in [-0.25, -0.2) is 8.42 Å². The van der Waals surface area contributed by atoms with Gasteiger partial charge in [-0.1, -0.05) is 42.8 Å². The summed E-state index contributed by atoms with van der Waals surface area (Å²) in [6, 6.07) is 29.0. The van der Waals surface area contributed by atoms with Crippen molar-refractivity contribution in [1.29, 1.82) is 0 Å². The normalized spacial score (nSPS) is 16.1. The van der Waals surface area contributed by atoms with Gasteiger partial charge in [0.2, 0.25) is 5.91 Å². The number of hydrazone groups is 1. The molecule has 0 aromatic heterocycles. The zero-order valence-electron chi connectivity index (χ0n) is 29.9. The fourth-order valence-electron chi connectivity index (χ4n) is 5.84. The van der Waals surface area contributed by atoms with E-state index in [-0.39, 0.29) is 22.9 Å². The lowest BCUT2D eigenvalue weighted by Crippen LogP contribution is -2.67. The smallest absolute Gasteiger partial charge is 0.302 e. The minimum Gasteiger partial charge on any atom is -0.492 e. The highest BCUT2D eigenvalue weighted by atomic mass is 32.2. The maximum Gasteiger partial charge on any atom is 0.302 e. The van der Waals surface area contributed by atoms with Crippen molar-refractivity contribution in [3.8, 4) is 5.75 Å². The van der Waals surface area contributed by atoms with Gasteiger partial charge in [0.25, 0.3) is 11.6 Å². The summed E-state index contributed by atoms with van der Waals surface area (Å²) in [7, 11) is -3.63. The van der Waals surface area contributed by atoms with Crippen LogP contribution in [0.5, 0.6) is 5.75 Å². The molecule has 0 spiro atoms. The summed E-state index contributed by atoms with van der Waals surface area (Å²) in [5.41, 5.74) is 1.13. The highest BCUT2D eigenvalue weighted by Gasteiger charge is 2.54. The number of ether oxygens (including phenoxy) is 1. The first-order valence-electron chi connectivity index (χ1n) is 17.2. The maximum atomic E-state index is 14.3. The second-order valence-electron chi connectivity index (χ2n) is 12.4. The molecule has 12 nitrogen and oxygen atoms in total. The third kappa shape index (κ3) is 8.10. The minimum atomic E-state index is -3.63. The fraction of sp³-hybridized carbons (Fsp3) is 0.282. The second-order valence-corrected chi connectivity index (χ2v) is 14.6. The van der Waals surface area contributed by atoms with Crippen LogP contribution in [-0.4, -0.2) is 62.6 Å². The SMILES string of the molecule is CCC(COc1ccc(C(=O)NC2=NN(c3ccccc3)C(=O)C2(NC(C)=O)Nc2ccc(N(CC)CC)cc2)cc1)S(=O)(=O)c1ccc(C)cc1. The number of rotatable bonds is 14. The molecular formula is C39H44N6O6S. The van der Waals surface area contributed by atoms with E-state index in [2.05, 4.69) is 39.8 Å². The molecule has 4 aromatic carbocycles. The van der Waals surface area contributed by atoms with Crippen LogP contribution >= 0.6 is 0 Å². The number of carbonyl (C=O) groups excluding carboxylic acids is 3. The van der Waals surface area contributed by atoms with Crippen LogP contribution in [0.25, 0.3) is 0 Å². The van der Waals surface area contributed by atoms with Gasteiger partial charge in [-0.15, -0.1) is 5.10 Å². The Labute approximate surface area is 304 Å². The molecule has 0 aliphatic carbocycles. The van der Waals surface area contributed by atoms with E-state index in [1.54, 1.807) is 85.8 Å². The Hall–Kier alpha value is -5.69. The summed E-state index contributed by atoms with van der Waals surface area (Å²) in [5, 5.41) is 13.5. The van der Waals surface area contributed by atoms with Crippen LogP contribution in [0.3, 0.4) is 0 Å². The lowest BCUT2D eigenvalue weighted by Gasteiger charge is -2.31. The van der Waals surface area contributed by atoms with Crippen molar-refractivity contribution in [2.24, 2.45) is 5.10 Å². The number of aryl methyl sites for hydroxylation is 1. The fourth-order valence-corrected chi connectivity index (χ4v) is 7.43. The van der Waals surface area contributed by atoms with Crippen molar-refractivity contribution in [3.63, 3.8) is 0 Å². The van der Waals surface area contributed by atoms with Gasteiger partial charge >= 0.3 is 5.91 Å². The predicted octanol–water partition coefficient (Wildman–Crippen LogP) is 5.51. The van der Waals surface area contributed by atoms with Crippen molar-refractivity contribution >= 4 is 50.5 Å². The Morgan fingerprint density at radius 2 is 1.52 bits per heavy atom. The topological polar surface area (TPSA) is 150 Å². The first-order valence-corrected chi connectivity index (χ1v) is 18.7. The van der Waals surface area contributed by atoms with Crippen LogP contribution in [0, 0.1) is 6.92 Å². The highest BCUT2D eigenvalue weighted by molar-refractivity contribution is 7.92. The average molecular weight is 725 g/mol. The van der Waals surface area contributed by atoms with E-state index >= 15 is 0 Å². The number of hydrogen-bond acceptors (Lipinski definition) is 9. The zero-order chi connectivity index (χ0) is 37.5. The molecule has 1 heterocycles. The molecular weight excluding hydrogens is 681 g/mol. The van der Waals surface area contributed by atoms with Crippen LogP contribution in [0.15, 0.2) is 113 Å². The Balaban J connectivity index is 1.38. The molecule has 0 radical (unpaired) electrons. The molecule has 3 amide bonds. The Kier molecular flexibility index (Phi) is 11.6. The van der Waals surface area contributed by atoms with Crippen molar-refractivity contribution < 1.29 is 27.5 Å². The van der Waals surface area contributed by atoms with Gasteiger partial charge in [0.15, 0.2) is 15.7 Å². The number of amides is 3. The van der Waals surface area contributed by atoms with Gasteiger partial charge in [-0.3, -0.25) is 14.4 Å². The van der Waals surface area contributed by atoms with Crippen LogP contribution in [0.1, 0.15) is 50.0 Å². The largest absolute Gasteiger partial charge is 0.492 e. The van der Waals surface area contributed by atoms with Crippen LogP contribution < -0.4 is 30.6 Å². The number of sulfone groups is 1. The molecule has 13 heteroatoms. The number of benzene rings is 4. The average Bonchev–Trinajstić information content (AvgIpc) is 3.39. The summed E-state index contributed by atoms with van der Waals surface area (Å²) in [6.07, 6.45) is 0.349. The lowest BCUT2D eigenvalue weighted by molar-refractivity contribution is -0.127. The quantitative estimate of drug-likeness (QED) is 0.144. The Morgan fingerprint density at radius 3 is 2.10 bits per heavy atom. The molecule has 0 saturated heterocycles. The molecule has 2 atom stereocenters. The van der Waals surface area contributed by atoms with Gasteiger partial charge in [0.05, 0.1) is 15.8 Å². The van der Waals surface area contributed by atoms with E-state index in [4.69, 9.17) is 4.74 Å². The van der Waals surface area contributed by atoms with Crippen molar-refractivity contribution in [1.82, 2.24) is 10.6 Å². The third-order valence-electron chi connectivity index (χ3n) is 8.79. The predicted molar refractivity (Wildman–Crippen MR) is 203 cm³/mol. The molecule has 4 aromatic rings. The second kappa shape index (κ2) is 16.1. The van der Waals surface area contributed by atoms with E-state index in [0.717, 1.165) is 29.3 Å². The molecule has 1 aliphatic rings. The number of hydrogen-bond donors (Lipinski definition) is 3. The summed E-state index contributed by atoms with van der Waals surface area (Å²) in [4.78, 5) is 43.1. The molecule has 1 aliphatic heterocycles. The number of carbonyl (C=O) groups is 3. The molecule has 2 unspecified atom stereocenters. The summed E-state index contributed by atoms with van der Waals surface area (Å²) in [6.45, 7) is 10.6. The van der Waals surface area contributed by atoms with E-state index in [1.165, 1.54) is 19.1 Å². The maximum absolute atomic E-state index is 14.3. The summed E-state index contributed by atoms with van der Waals surface area (Å²) < 4.78 is 32.3. The van der Waals surface area contributed by atoms with Gasteiger partial charge < -0.3 is 25.6 Å². The van der Waals surface area contributed by atoms with Crippen LogP contribution in [0.2, 0.25) is 0 Å². The first kappa shape index (κ1) is 37.6. The van der Waals surface area contributed by atoms with E-state index in [1.807, 2.05) is 19.1 Å². The number of amidine groups is 1. The van der Waals surface area contributed by atoms with Gasteiger partial charge in [0, 0.05) is 37.0 Å². The molecule has 0 fully saturated rings. The molecule has 3 N–H and O–H groups in total. The van der Waals surface area contributed by atoms with Gasteiger partial charge in [-0.05, 0) is 100.0 Å². The first-order chi connectivity index (χ1) is 24.9. The molecule has 52 heavy (non-hydrogen) atoms. The van der Waals surface area contributed by atoms with Crippen molar-refractivity contribution in [2.75, 3.05) is 34.9 Å². The van der Waals surface area contributed by atoms with E-state index in [9.17, 15) is 22.8 Å². The van der Waals surface area contributed by atoms with Crippen molar-refractivity contribution in [3.05, 3.63) is 114 Å². The number of anilines is 3. The van der Waals surface area contributed by atoms with E-state index < -0.39 is 38.5 Å². The van der Waals surface area contributed by atoms with Crippen LogP contribution in [0.4, 0.5) is 17.1 Å².